The Morgan fingerprint density at radius 2 is 1.83 bits per heavy atom. The molecule has 2 nitrogen and oxygen atoms in total. The quantitative estimate of drug-likeness (QED) is 0.722. The van der Waals surface area contributed by atoms with Crippen LogP contribution in [-0.4, -0.2) is 30.3 Å². The van der Waals surface area contributed by atoms with E-state index in [9.17, 15) is 9.18 Å². The van der Waals surface area contributed by atoms with Gasteiger partial charge in [-0.2, -0.15) is 0 Å². The summed E-state index contributed by atoms with van der Waals surface area (Å²) in [5.41, 5.74) is 0.569. The summed E-state index contributed by atoms with van der Waals surface area (Å²) in [4.78, 5) is 14.3. The monoisotopic (exact) mass is 251 g/mol. The molecule has 1 aromatic rings. The van der Waals surface area contributed by atoms with Crippen molar-refractivity contribution in [3.63, 3.8) is 0 Å². The number of hydrogen-bond acceptors (Lipinski definition) is 2. The molecule has 0 aliphatic rings. The lowest BCUT2D eigenvalue weighted by Crippen LogP contribution is -2.38. The van der Waals surface area contributed by atoms with Crippen LogP contribution in [0.2, 0.25) is 0 Å². The number of nitrogens with zero attached hydrogens (tertiary/aromatic N) is 1. The van der Waals surface area contributed by atoms with Gasteiger partial charge in [0.1, 0.15) is 5.82 Å². The summed E-state index contributed by atoms with van der Waals surface area (Å²) in [6, 6.07) is 5.57. The molecular formula is C15H22FNO. The second kappa shape index (κ2) is 6.64. The van der Waals surface area contributed by atoms with Gasteiger partial charge in [-0.05, 0) is 44.2 Å². The van der Waals surface area contributed by atoms with Crippen molar-refractivity contribution in [1.82, 2.24) is 4.90 Å². The molecule has 0 saturated heterocycles. The molecule has 0 spiro atoms. The van der Waals surface area contributed by atoms with Gasteiger partial charge in [0.15, 0.2) is 5.78 Å². The van der Waals surface area contributed by atoms with Gasteiger partial charge in [0.25, 0.3) is 0 Å². The van der Waals surface area contributed by atoms with E-state index in [0.29, 0.717) is 11.5 Å². The molecule has 0 saturated carbocycles. The van der Waals surface area contributed by atoms with Gasteiger partial charge in [0.05, 0.1) is 6.04 Å². The first kappa shape index (κ1) is 14.8. The van der Waals surface area contributed by atoms with E-state index in [1.807, 2.05) is 14.0 Å². The minimum Gasteiger partial charge on any atom is -0.296 e. The molecule has 0 aliphatic carbocycles. The molecule has 0 fully saturated rings. The fraction of sp³-hybridized carbons (Fsp3) is 0.533. The Labute approximate surface area is 109 Å². The molecule has 3 heteroatoms. The third-order valence-electron chi connectivity index (χ3n) is 3.47. The van der Waals surface area contributed by atoms with Gasteiger partial charge in [-0.15, -0.1) is 0 Å². The highest BCUT2D eigenvalue weighted by Gasteiger charge is 2.20. The number of benzene rings is 1. The molecule has 0 aromatic heterocycles. The predicted molar refractivity (Wildman–Crippen MR) is 72.3 cm³/mol. The Bertz CT molecular complexity index is 388. The van der Waals surface area contributed by atoms with Crippen molar-refractivity contribution >= 4 is 5.78 Å². The maximum absolute atomic E-state index is 12.8. The Balaban J connectivity index is 2.68. The highest BCUT2D eigenvalue weighted by atomic mass is 19.1. The largest absolute Gasteiger partial charge is 0.296 e. The molecule has 0 radical (unpaired) electrons. The van der Waals surface area contributed by atoms with Crippen molar-refractivity contribution in [2.45, 2.75) is 33.2 Å². The van der Waals surface area contributed by atoms with E-state index in [2.05, 4.69) is 18.7 Å². The highest BCUT2D eigenvalue weighted by molar-refractivity contribution is 5.99. The lowest BCUT2D eigenvalue weighted by Gasteiger charge is -2.26. The molecule has 1 rings (SSSR count). The van der Waals surface area contributed by atoms with Gasteiger partial charge in [-0.1, -0.05) is 20.3 Å². The van der Waals surface area contributed by atoms with E-state index in [1.165, 1.54) is 12.1 Å². The summed E-state index contributed by atoms with van der Waals surface area (Å²) >= 11 is 0. The van der Waals surface area contributed by atoms with Crippen LogP contribution in [0, 0.1) is 11.7 Å². The minimum atomic E-state index is -0.313. The van der Waals surface area contributed by atoms with E-state index < -0.39 is 0 Å². The fourth-order valence-corrected chi connectivity index (χ4v) is 1.83. The first-order chi connectivity index (χ1) is 8.45. The van der Waals surface area contributed by atoms with Crippen LogP contribution in [0.15, 0.2) is 24.3 Å². The van der Waals surface area contributed by atoms with Crippen molar-refractivity contribution in [2.75, 3.05) is 13.6 Å². The fourth-order valence-electron chi connectivity index (χ4n) is 1.83. The third kappa shape index (κ3) is 3.91. The number of carbonyl (C=O) groups is 1. The minimum absolute atomic E-state index is 0.0424. The van der Waals surface area contributed by atoms with Crippen LogP contribution in [0.5, 0.6) is 0 Å². The number of Topliss-reactive ketones (excluding diaryl/α,β-unsaturated/α-hetero) is 1. The van der Waals surface area contributed by atoms with Gasteiger partial charge in [0.2, 0.25) is 0 Å². The lowest BCUT2D eigenvalue weighted by atomic mass is 10.0. The zero-order valence-corrected chi connectivity index (χ0v) is 11.6. The number of ketones is 1. The van der Waals surface area contributed by atoms with Crippen LogP contribution in [0.4, 0.5) is 4.39 Å². The Hall–Kier alpha value is -1.22. The zero-order valence-electron chi connectivity index (χ0n) is 11.6. The van der Waals surface area contributed by atoms with Crippen LogP contribution in [0.1, 0.15) is 37.6 Å². The molecule has 100 valence electrons. The topological polar surface area (TPSA) is 20.3 Å². The standard InChI is InChI=1S/C15H22FNO/c1-5-11(2)10-17(4)12(3)15(18)13-6-8-14(16)9-7-13/h6-9,11-12H,5,10H2,1-4H3. The van der Waals surface area contributed by atoms with Crippen LogP contribution >= 0.6 is 0 Å². The second-order valence-electron chi connectivity index (χ2n) is 5.00. The van der Waals surface area contributed by atoms with Crippen LogP contribution in [-0.2, 0) is 0 Å². The molecule has 18 heavy (non-hydrogen) atoms. The third-order valence-corrected chi connectivity index (χ3v) is 3.47. The molecule has 2 unspecified atom stereocenters. The lowest BCUT2D eigenvalue weighted by molar-refractivity contribution is 0.0854. The van der Waals surface area contributed by atoms with Crippen molar-refractivity contribution < 1.29 is 9.18 Å². The van der Waals surface area contributed by atoms with Crippen molar-refractivity contribution in [2.24, 2.45) is 5.92 Å². The Morgan fingerprint density at radius 1 is 1.28 bits per heavy atom. The summed E-state index contributed by atoms with van der Waals surface area (Å²) in [5, 5.41) is 0. The zero-order chi connectivity index (χ0) is 13.7. The smallest absolute Gasteiger partial charge is 0.179 e. The molecule has 0 aliphatic heterocycles. The highest BCUT2D eigenvalue weighted by Crippen LogP contribution is 2.11. The van der Waals surface area contributed by atoms with E-state index in [0.717, 1.165) is 13.0 Å². The van der Waals surface area contributed by atoms with Crippen molar-refractivity contribution in [1.29, 1.82) is 0 Å². The number of hydrogen-bond donors (Lipinski definition) is 0. The van der Waals surface area contributed by atoms with Crippen LogP contribution in [0.3, 0.4) is 0 Å². The summed E-state index contributed by atoms with van der Waals surface area (Å²) in [6.45, 7) is 7.11. The second-order valence-corrected chi connectivity index (χ2v) is 5.00. The normalized spacial score (nSPS) is 14.6. The van der Waals surface area contributed by atoms with Crippen LogP contribution < -0.4 is 0 Å². The Kier molecular flexibility index (Phi) is 5.48. The molecule has 0 heterocycles. The van der Waals surface area contributed by atoms with Gasteiger partial charge in [-0.3, -0.25) is 9.69 Å². The van der Waals surface area contributed by atoms with E-state index in [4.69, 9.17) is 0 Å². The summed E-state index contributed by atoms with van der Waals surface area (Å²) in [5.74, 6) is 0.298. The van der Waals surface area contributed by atoms with Crippen molar-refractivity contribution in [3.05, 3.63) is 35.6 Å². The molecule has 2 atom stereocenters. The SMILES string of the molecule is CCC(C)CN(C)C(C)C(=O)c1ccc(F)cc1. The van der Waals surface area contributed by atoms with E-state index in [1.54, 1.807) is 12.1 Å². The number of carbonyl (C=O) groups excluding carboxylic acids is 1. The van der Waals surface area contributed by atoms with Gasteiger partial charge >= 0.3 is 0 Å². The molecule has 1 aromatic carbocycles. The average molecular weight is 251 g/mol. The maximum atomic E-state index is 12.8. The first-order valence-corrected chi connectivity index (χ1v) is 6.45. The molecule has 0 amide bonds. The van der Waals surface area contributed by atoms with Gasteiger partial charge in [-0.25, -0.2) is 4.39 Å². The Morgan fingerprint density at radius 3 is 2.33 bits per heavy atom. The van der Waals surface area contributed by atoms with Gasteiger partial charge < -0.3 is 0 Å². The molecule has 0 bridgehead atoms. The number of likely N-dealkylation sites (N-methyl/N-ethyl adjacent to an activating group) is 1. The summed E-state index contributed by atoms with van der Waals surface area (Å²) in [7, 11) is 1.96. The molecule has 0 N–H and O–H groups in total. The number of rotatable bonds is 6. The number of halogens is 1. The van der Waals surface area contributed by atoms with Gasteiger partial charge in [0, 0.05) is 12.1 Å². The summed E-state index contributed by atoms with van der Waals surface area (Å²) < 4.78 is 12.8. The first-order valence-electron chi connectivity index (χ1n) is 6.45. The van der Waals surface area contributed by atoms with Crippen molar-refractivity contribution in [3.8, 4) is 0 Å². The van der Waals surface area contributed by atoms with E-state index >= 15 is 0 Å². The summed E-state index contributed by atoms with van der Waals surface area (Å²) in [6.07, 6.45) is 1.10. The molecular weight excluding hydrogens is 229 g/mol. The average Bonchev–Trinajstić information content (AvgIpc) is 2.37. The predicted octanol–water partition coefficient (Wildman–Crippen LogP) is 3.37. The maximum Gasteiger partial charge on any atom is 0.179 e. The van der Waals surface area contributed by atoms with Crippen LogP contribution in [0.25, 0.3) is 0 Å². The van der Waals surface area contributed by atoms with E-state index in [-0.39, 0.29) is 17.6 Å².